The summed E-state index contributed by atoms with van der Waals surface area (Å²) in [7, 11) is 0. The van der Waals surface area contributed by atoms with Gasteiger partial charge in [-0.15, -0.1) is 0 Å². The van der Waals surface area contributed by atoms with Gasteiger partial charge in [-0.05, 0) is 24.6 Å². The molecular weight excluding hydrogens is 232 g/mol. The van der Waals surface area contributed by atoms with Crippen LogP contribution in [0.15, 0.2) is 22.7 Å². The molecule has 6 heteroatoms. The highest BCUT2D eigenvalue weighted by molar-refractivity contribution is 5.86. The van der Waals surface area contributed by atoms with Crippen molar-refractivity contribution in [2.45, 2.75) is 6.92 Å². The van der Waals surface area contributed by atoms with Gasteiger partial charge in [-0.1, -0.05) is 5.16 Å². The van der Waals surface area contributed by atoms with Crippen LogP contribution >= 0.6 is 0 Å². The molecule has 0 spiro atoms. The van der Waals surface area contributed by atoms with Crippen molar-refractivity contribution in [2.24, 2.45) is 0 Å². The highest BCUT2D eigenvalue weighted by atomic mass is 19.2. The topological polar surface area (TPSA) is 63.3 Å². The van der Waals surface area contributed by atoms with Crippen molar-refractivity contribution < 1.29 is 23.2 Å². The van der Waals surface area contributed by atoms with Gasteiger partial charge in [-0.25, -0.2) is 13.6 Å². The molecule has 4 nitrogen and oxygen atoms in total. The number of benzene rings is 1. The van der Waals surface area contributed by atoms with E-state index in [-0.39, 0.29) is 17.0 Å². The van der Waals surface area contributed by atoms with Crippen LogP contribution in [0.3, 0.4) is 0 Å². The first-order valence-corrected chi connectivity index (χ1v) is 4.65. The maximum atomic E-state index is 13.1. The molecule has 0 radical (unpaired) electrons. The van der Waals surface area contributed by atoms with E-state index >= 15 is 0 Å². The Morgan fingerprint density at radius 1 is 1.29 bits per heavy atom. The number of carbonyl (C=O) groups is 1. The lowest BCUT2D eigenvalue weighted by Crippen LogP contribution is -1.94. The minimum atomic E-state index is -1.25. The molecule has 0 amide bonds. The van der Waals surface area contributed by atoms with Gasteiger partial charge in [0.15, 0.2) is 23.1 Å². The smallest absolute Gasteiger partial charge is 0.358 e. The molecule has 0 bridgehead atoms. The van der Waals surface area contributed by atoms with Crippen LogP contribution in [0.1, 0.15) is 16.1 Å². The number of aromatic nitrogens is 1. The average Bonchev–Trinajstić information content (AvgIpc) is 2.72. The standard InChI is InChI=1S/C11H7F2NO3/c1-5-2-7(12)8(13)3-6(5)10-4-9(11(15)16)14-17-10/h2-4H,1H3,(H,15,16). The summed E-state index contributed by atoms with van der Waals surface area (Å²) in [6.45, 7) is 1.56. The quantitative estimate of drug-likeness (QED) is 0.874. The van der Waals surface area contributed by atoms with Crippen LogP contribution in [-0.2, 0) is 0 Å². The maximum Gasteiger partial charge on any atom is 0.358 e. The minimum Gasteiger partial charge on any atom is -0.476 e. The predicted molar refractivity (Wildman–Crippen MR) is 53.6 cm³/mol. The summed E-state index contributed by atoms with van der Waals surface area (Å²) >= 11 is 0. The summed E-state index contributed by atoms with van der Waals surface area (Å²) in [5.74, 6) is -3.16. The Bertz CT molecular complexity index is 592. The van der Waals surface area contributed by atoms with Crippen molar-refractivity contribution in [3.8, 4) is 11.3 Å². The number of nitrogens with zero attached hydrogens (tertiary/aromatic N) is 1. The van der Waals surface area contributed by atoms with Gasteiger partial charge in [0.25, 0.3) is 0 Å². The van der Waals surface area contributed by atoms with E-state index in [1.165, 1.54) is 0 Å². The van der Waals surface area contributed by atoms with Crippen LogP contribution in [0.4, 0.5) is 8.78 Å². The highest BCUT2D eigenvalue weighted by Gasteiger charge is 2.15. The van der Waals surface area contributed by atoms with Gasteiger partial charge >= 0.3 is 5.97 Å². The van der Waals surface area contributed by atoms with Gasteiger partial charge in [0.05, 0.1) is 0 Å². The second kappa shape index (κ2) is 3.97. The van der Waals surface area contributed by atoms with Crippen LogP contribution in [0, 0.1) is 18.6 Å². The van der Waals surface area contributed by atoms with Gasteiger partial charge in [-0.2, -0.15) is 0 Å². The van der Waals surface area contributed by atoms with Gasteiger partial charge in [-0.3, -0.25) is 0 Å². The van der Waals surface area contributed by atoms with Crippen LogP contribution in [0.5, 0.6) is 0 Å². The number of rotatable bonds is 2. The fourth-order valence-electron chi connectivity index (χ4n) is 1.41. The van der Waals surface area contributed by atoms with E-state index in [2.05, 4.69) is 5.16 Å². The van der Waals surface area contributed by atoms with E-state index in [0.29, 0.717) is 5.56 Å². The number of carboxylic acid groups (broad SMARTS) is 1. The molecule has 0 fully saturated rings. The van der Waals surface area contributed by atoms with Crippen molar-refractivity contribution in [3.05, 3.63) is 41.1 Å². The molecule has 0 saturated carbocycles. The van der Waals surface area contributed by atoms with E-state index < -0.39 is 17.6 Å². The zero-order valence-electron chi connectivity index (χ0n) is 8.70. The van der Waals surface area contributed by atoms with Crippen molar-refractivity contribution >= 4 is 5.97 Å². The Kier molecular flexibility index (Phi) is 2.63. The number of aryl methyl sites for hydroxylation is 1. The molecular formula is C11H7F2NO3. The van der Waals surface area contributed by atoms with Crippen molar-refractivity contribution in [1.82, 2.24) is 5.16 Å². The van der Waals surface area contributed by atoms with E-state index in [1.54, 1.807) is 6.92 Å². The third kappa shape index (κ3) is 2.01. The molecule has 1 N–H and O–H groups in total. The number of carboxylic acids is 1. The largest absolute Gasteiger partial charge is 0.476 e. The molecule has 1 heterocycles. The predicted octanol–water partition coefficient (Wildman–Crippen LogP) is 2.63. The molecule has 1 aromatic heterocycles. The van der Waals surface area contributed by atoms with Crippen molar-refractivity contribution in [3.63, 3.8) is 0 Å². The minimum absolute atomic E-state index is 0.0822. The number of hydrogen-bond acceptors (Lipinski definition) is 3. The highest BCUT2D eigenvalue weighted by Crippen LogP contribution is 2.26. The average molecular weight is 239 g/mol. The SMILES string of the molecule is Cc1cc(F)c(F)cc1-c1cc(C(=O)O)no1. The Balaban J connectivity index is 2.52. The first-order chi connectivity index (χ1) is 7.99. The second-order valence-corrected chi connectivity index (χ2v) is 3.46. The van der Waals surface area contributed by atoms with Gasteiger partial charge < -0.3 is 9.63 Å². The Morgan fingerprint density at radius 3 is 2.53 bits per heavy atom. The summed E-state index contributed by atoms with van der Waals surface area (Å²) in [6, 6.07) is 3.10. The Morgan fingerprint density at radius 2 is 1.94 bits per heavy atom. The molecule has 0 unspecified atom stereocenters. The lowest BCUT2D eigenvalue weighted by Gasteiger charge is -2.02. The number of aromatic carboxylic acids is 1. The summed E-state index contributed by atoms with van der Waals surface area (Å²) < 4.78 is 30.7. The van der Waals surface area contributed by atoms with E-state index in [9.17, 15) is 13.6 Å². The third-order valence-electron chi connectivity index (χ3n) is 2.26. The lowest BCUT2D eigenvalue weighted by atomic mass is 10.1. The summed E-state index contributed by atoms with van der Waals surface area (Å²) in [4.78, 5) is 10.6. The molecule has 0 aliphatic carbocycles. The first-order valence-electron chi connectivity index (χ1n) is 4.65. The molecule has 0 saturated heterocycles. The van der Waals surface area contributed by atoms with E-state index in [0.717, 1.165) is 18.2 Å². The number of halogens is 2. The first kappa shape index (κ1) is 11.3. The number of hydrogen-bond donors (Lipinski definition) is 1. The normalized spacial score (nSPS) is 10.5. The summed E-state index contributed by atoms with van der Waals surface area (Å²) in [6.07, 6.45) is 0. The van der Waals surface area contributed by atoms with Gasteiger partial charge in [0.1, 0.15) is 0 Å². The fourth-order valence-corrected chi connectivity index (χ4v) is 1.41. The third-order valence-corrected chi connectivity index (χ3v) is 2.26. The fraction of sp³-hybridized carbons (Fsp3) is 0.0909. The van der Waals surface area contributed by atoms with Crippen molar-refractivity contribution in [1.29, 1.82) is 0 Å². The molecule has 2 aromatic rings. The summed E-state index contributed by atoms with van der Waals surface area (Å²) in [5.41, 5.74) is 0.407. The monoisotopic (exact) mass is 239 g/mol. The van der Waals surface area contributed by atoms with Crippen LogP contribution in [0.2, 0.25) is 0 Å². The van der Waals surface area contributed by atoms with Crippen LogP contribution in [0.25, 0.3) is 11.3 Å². The van der Waals surface area contributed by atoms with Gasteiger partial charge in [0.2, 0.25) is 0 Å². The van der Waals surface area contributed by atoms with Crippen LogP contribution in [-0.4, -0.2) is 16.2 Å². The lowest BCUT2D eigenvalue weighted by molar-refractivity contribution is 0.0686. The molecule has 0 atom stereocenters. The van der Waals surface area contributed by atoms with Gasteiger partial charge in [0, 0.05) is 11.6 Å². The zero-order chi connectivity index (χ0) is 12.6. The maximum absolute atomic E-state index is 13.1. The zero-order valence-corrected chi connectivity index (χ0v) is 8.70. The molecule has 1 aromatic carbocycles. The molecule has 17 heavy (non-hydrogen) atoms. The molecule has 88 valence electrons. The van der Waals surface area contributed by atoms with E-state index in [1.807, 2.05) is 0 Å². The molecule has 2 rings (SSSR count). The molecule has 0 aliphatic heterocycles. The Hall–Kier alpha value is -2.24. The Labute approximate surface area is 94.5 Å². The van der Waals surface area contributed by atoms with E-state index in [4.69, 9.17) is 9.63 Å². The molecule has 0 aliphatic rings. The summed E-state index contributed by atoms with van der Waals surface area (Å²) in [5, 5.41) is 12.0. The van der Waals surface area contributed by atoms with Crippen LogP contribution < -0.4 is 0 Å². The second-order valence-electron chi connectivity index (χ2n) is 3.46. The van der Waals surface area contributed by atoms with Crippen molar-refractivity contribution in [2.75, 3.05) is 0 Å².